The molecule has 29 heavy (non-hydrogen) atoms. The Bertz CT molecular complexity index is 808. The summed E-state index contributed by atoms with van der Waals surface area (Å²) < 4.78 is 23.7. The van der Waals surface area contributed by atoms with Crippen LogP contribution in [0.3, 0.4) is 0 Å². The molecule has 1 fully saturated rings. The highest BCUT2D eigenvalue weighted by molar-refractivity contribution is 14.0. The molecule has 0 aromatic heterocycles. The van der Waals surface area contributed by atoms with Crippen LogP contribution < -0.4 is 10.6 Å². The van der Waals surface area contributed by atoms with E-state index in [-0.39, 0.29) is 35.6 Å². The van der Waals surface area contributed by atoms with Crippen LogP contribution in [-0.2, 0) is 21.2 Å². The van der Waals surface area contributed by atoms with Gasteiger partial charge in [0, 0.05) is 31.7 Å². The second kappa shape index (κ2) is 11.1. The van der Waals surface area contributed by atoms with Crippen molar-refractivity contribution in [2.24, 2.45) is 4.99 Å². The Morgan fingerprint density at radius 3 is 2.41 bits per heavy atom. The zero-order valence-corrected chi connectivity index (χ0v) is 20.8. The molecule has 0 atom stereocenters. The van der Waals surface area contributed by atoms with E-state index in [1.54, 1.807) is 13.8 Å². The molecule has 0 bridgehead atoms. The fourth-order valence-electron chi connectivity index (χ4n) is 3.06. The van der Waals surface area contributed by atoms with Gasteiger partial charge in [0.25, 0.3) is 0 Å². The van der Waals surface area contributed by atoms with Gasteiger partial charge in [-0.05, 0) is 44.9 Å². The summed E-state index contributed by atoms with van der Waals surface area (Å²) in [7, 11) is -3.09. The SMILES string of the molecule is CCCC(=O)Nc1ccc(CN=C(NCC)N2CCS(=O)(=O)C(C)(C)C2)cc1.I. The summed E-state index contributed by atoms with van der Waals surface area (Å²) in [5.74, 6) is 0.882. The van der Waals surface area contributed by atoms with Crippen LogP contribution in [0.1, 0.15) is 46.1 Å². The molecule has 2 N–H and O–H groups in total. The molecular formula is C20H33IN4O3S. The highest BCUT2D eigenvalue weighted by Crippen LogP contribution is 2.23. The Balaban J connectivity index is 0.00000420. The van der Waals surface area contributed by atoms with Crippen LogP contribution in [0.2, 0.25) is 0 Å². The maximum Gasteiger partial charge on any atom is 0.224 e. The number of amides is 1. The van der Waals surface area contributed by atoms with Crippen molar-refractivity contribution in [1.29, 1.82) is 0 Å². The predicted molar refractivity (Wildman–Crippen MR) is 130 cm³/mol. The van der Waals surface area contributed by atoms with Gasteiger partial charge in [-0.25, -0.2) is 13.4 Å². The van der Waals surface area contributed by atoms with Crippen molar-refractivity contribution in [1.82, 2.24) is 10.2 Å². The second-order valence-electron chi connectivity index (χ2n) is 7.67. The highest BCUT2D eigenvalue weighted by atomic mass is 127. The molecule has 0 spiro atoms. The van der Waals surface area contributed by atoms with E-state index in [1.165, 1.54) is 0 Å². The van der Waals surface area contributed by atoms with Crippen molar-refractivity contribution in [3.8, 4) is 0 Å². The van der Waals surface area contributed by atoms with Crippen molar-refractivity contribution < 1.29 is 13.2 Å². The van der Waals surface area contributed by atoms with Gasteiger partial charge in [0.1, 0.15) is 0 Å². The molecular weight excluding hydrogens is 503 g/mol. The van der Waals surface area contributed by atoms with E-state index < -0.39 is 14.6 Å². The monoisotopic (exact) mass is 536 g/mol. The molecule has 0 saturated carbocycles. The molecule has 1 amide bonds. The number of benzene rings is 1. The molecule has 1 aliphatic rings. The van der Waals surface area contributed by atoms with Crippen LogP contribution in [-0.4, -0.2) is 55.3 Å². The first-order chi connectivity index (χ1) is 13.2. The number of hydrogen-bond donors (Lipinski definition) is 2. The first-order valence-electron chi connectivity index (χ1n) is 9.83. The van der Waals surface area contributed by atoms with Crippen LogP contribution in [0.15, 0.2) is 29.3 Å². The van der Waals surface area contributed by atoms with E-state index in [9.17, 15) is 13.2 Å². The molecule has 1 aromatic rings. The summed E-state index contributed by atoms with van der Waals surface area (Å²) in [6.07, 6.45) is 1.33. The van der Waals surface area contributed by atoms with Gasteiger partial charge >= 0.3 is 0 Å². The zero-order chi connectivity index (χ0) is 20.8. The van der Waals surface area contributed by atoms with E-state index in [0.717, 1.165) is 23.6 Å². The van der Waals surface area contributed by atoms with Gasteiger partial charge in [-0.15, -0.1) is 24.0 Å². The Kier molecular flexibility index (Phi) is 9.87. The number of nitrogens with zero attached hydrogens (tertiary/aromatic N) is 2. The smallest absolute Gasteiger partial charge is 0.224 e. The molecule has 9 heteroatoms. The molecule has 1 aliphatic heterocycles. The molecule has 7 nitrogen and oxygen atoms in total. The lowest BCUT2D eigenvalue weighted by atomic mass is 10.2. The Morgan fingerprint density at radius 2 is 1.86 bits per heavy atom. The van der Waals surface area contributed by atoms with E-state index in [1.807, 2.05) is 43.0 Å². The molecule has 0 aliphatic carbocycles. The lowest BCUT2D eigenvalue weighted by Crippen LogP contribution is -2.57. The number of aliphatic imine (C=N–C) groups is 1. The Hall–Kier alpha value is -1.36. The Labute approximate surface area is 191 Å². The second-order valence-corrected chi connectivity index (χ2v) is 10.4. The van der Waals surface area contributed by atoms with Crippen LogP contribution in [0.4, 0.5) is 5.69 Å². The molecule has 2 rings (SSSR count). The predicted octanol–water partition coefficient (Wildman–Crippen LogP) is 3.02. The summed E-state index contributed by atoms with van der Waals surface area (Å²) in [5.41, 5.74) is 1.80. The number of hydrogen-bond acceptors (Lipinski definition) is 4. The van der Waals surface area contributed by atoms with Gasteiger partial charge in [-0.1, -0.05) is 19.1 Å². The number of carbonyl (C=O) groups is 1. The third kappa shape index (κ3) is 7.13. The van der Waals surface area contributed by atoms with Crippen LogP contribution in [0.25, 0.3) is 0 Å². The molecule has 0 radical (unpaired) electrons. The first kappa shape index (κ1) is 25.7. The van der Waals surface area contributed by atoms with Crippen molar-refractivity contribution in [3.05, 3.63) is 29.8 Å². The molecule has 164 valence electrons. The van der Waals surface area contributed by atoms with Gasteiger partial charge < -0.3 is 15.5 Å². The van der Waals surface area contributed by atoms with Crippen LogP contribution >= 0.6 is 24.0 Å². The average Bonchev–Trinajstić information content (AvgIpc) is 2.62. The van der Waals surface area contributed by atoms with Crippen molar-refractivity contribution in [3.63, 3.8) is 0 Å². The summed E-state index contributed by atoms with van der Waals surface area (Å²) in [6.45, 7) is 9.56. The Morgan fingerprint density at radius 1 is 1.21 bits per heavy atom. The average molecular weight is 536 g/mol. The van der Waals surface area contributed by atoms with E-state index in [4.69, 9.17) is 4.99 Å². The molecule has 1 heterocycles. The zero-order valence-electron chi connectivity index (χ0n) is 17.7. The quantitative estimate of drug-likeness (QED) is 0.332. The number of halogens is 1. The van der Waals surface area contributed by atoms with Gasteiger partial charge in [0.15, 0.2) is 15.8 Å². The van der Waals surface area contributed by atoms with E-state index in [2.05, 4.69) is 10.6 Å². The molecule has 0 unspecified atom stereocenters. The number of carbonyl (C=O) groups excluding carboxylic acids is 1. The maximum absolute atomic E-state index is 12.2. The van der Waals surface area contributed by atoms with Gasteiger partial charge in [0.2, 0.25) is 5.91 Å². The molecule has 1 saturated heterocycles. The number of nitrogens with one attached hydrogen (secondary N) is 2. The van der Waals surface area contributed by atoms with Crippen molar-refractivity contribution >= 4 is 51.4 Å². The number of guanidine groups is 1. The topological polar surface area (TPSA) is 90.9 Å². The fourth-order valence-corrected chi connectivity index (χ4v) is 4.43. The largest absolute Gasteiger partial charge is 0.357 e. The highest BCUT2D eigenvalue weighted by Gasteiger charge is 2.40. The minimum Gasteiger partial charge on any atom is -0.357 e. The summed E-state index contributed by atoms with van der Waals surface area (Å²) >= 11 is 0. The van der Waals surface area contributed by atoms with Crippen LogP contribution in [0.5, 0.6) is 0 Å². The summed E-state index contributed by atoms with van der Waals surface area (Å²) in [4.78, 5) is 18.4. The van der Waals surface area contributed by atoms with Gasteiger partial charge in [-0.3, -0.25) is 4.79 Å². The van der Waals surface area contributed by atoms with Gasteiger partial charge in [-0.2, -0.15) is 0 Å². The molecule has 1 aromatic carbocycles. The van der Waals surface area contributed by atoms with Gasteiger partial charge in [0.05, 0.1) is 17.0 Å². The minimum absolute atomic E-state index is 0. The number of anilines is 1. The summed E-state index contributed by atoms with van der Waals surface area (Å²) in [6, 6.07) is 7.64. The fraction of sp³-hybridized carbons (Fsp3) is 0.600. The lowest BCUT2D eigenvalue weighted by molar-refractivity contribution is -0.116. The number of rotatable bonds is 6. The van der Waals surface area contributed by atoms with Crippen LogP contribution in [0, 0.1) is 0 Å². The normalized spacial score (nSPS) is 17.9. The lowest BCUT2D eigenvalue weighted by Gasteiger charge is -2.39. The van der Waals surface area contributed by atoms with Crippen molar-refractivity contribution in [2.75, 3.05) is 30.7 Å². The minimum atomic E-state index is -3.09. The van der Waals surface area contributed by atoms with Crippen molar-refractivity contribution in [2.45, 2.75) is 51.8 Å². The first-order valence-corrected chi connectivity index (χ1v) is 11.5. The third-order valence-corrected chi connectivity index (χ3v) is 7.34. The standard InChI is InChI=1S/C20H32N4O3S.HI/c1-5-7-18(25)23-17-10-8-16(9-11-17)14-22-19(21-6-2)24-12-13-28(26,27)20(3,4)15-24;/h8-11H,5-7,12-15H2,1-4H3,(H,21,22)(H,23,25);1H. The third-order valence-electron chi connectivity index (χ3n) is 4.80. The van der Waals surface area contributed by atoms with E-state index in [0.29, 0.717) is 32.6 Å². The van der Waals surface area contributed by atoms with E-state index >= 15 is 0 Å². The summed E-state index contributed by atoms with van der Waals surface area (Å²) in [5, 5.41) is 6.13. The maximum atomic E-state index is 12.2. The number of sulfone groups is 1.